The van der Waals surface area contributed by atoms with Crippen LogP contribution < -0.4 is 16.4 Å². The first kappa shape index (κ1) is 12.5. The SMILES string of the molecule is CCCNCCNc1ccc(C(N)=O)cc1. The van der Waals surface area contributed by atoms with Crippen LogP contribution in [-0.4, -0.2) is 25.5 Å². The molecule has 4 N–H and O–H groups in total. The van der Waals surface area contributed by atoms with Crippen molar-refractivity contribution in [2.75, 3.05) is 25.0 Å². The van der Waals surface area contributed by atoms with E-state index in [-0.39, 0.29) is 0 Å². The number of nitrogens with one attached hydrogen (secondary N) is 2. The molecule has 0 aliphatic heterocycles. The van der Waals surface area contributed by atoms with Gasteiger partial charge in [0.1, 0.15) is 0 Å². The fourth-order valence-corrected chi connectivity index (χ4v) is 1.35. The van der Waals surface area contributed by atoms with Gasteiger partial charge in [-0.3, -0.25) is 4.79 Å². The maximum absolute atomic E-state index is 10.8. The highest BCUT2D eigenvalue weighted by atomic mass is 16.1. The first-order valence-corrected chi connectivity index (χ1v) is 5.58. The number of benzene rings is 1. The molecule has 1 rings (SSSR count). The first-order chi connectivity index (χ1) is 7.74. The molecule has 0 bridgehead atoms. The monoisotopic (exact) mass is 221 g/mol. The maximum atomic E-state index is 10.8. The van der Waals surface area contributed by atoms with Crippen LogP contribution in [0.5, 0.6) is 0 Å². The average molecular weight is 221 g/mol. The Morgan fingerprint density at radius 3 is 2.44 bits per heavy atom. The lowest BCUT2D eigenvalue weighted by Crippen LogP contribution is -2.22. The number of hydrogen-bond acceptors (Lipinski definition) is 3. The smallest absolute Gasteiger partial charge is 0.248 e. The van der Waals surface area contributed by atoms with Gasteiger partial charge in [-0.1, -0.05) is 6.92 Å². The largest absolute Gasteiger partial charge is 0.384 e. The summed E-state index contributed by atoms with van der Waals surface area (Å²) in [6.07, 6.45) is 1.15. The molecular formula is C12H19N3O. The second kappa shape index (κ2) is 6.85. The third-order valence-electron chi connectivity index (χ3n) is 2.23. The van der Waals surface area contributed by atoms with Crippen LogP contribution in [0.3, 0.4) is 0 Å². The van der Waals surface area contributed by atoms with Crippen molar-refractivity contribution in [3.05, 3.63) is 29.8 Å². The number of carbonyl (C=O) groups excluding carboxylic acids is 1. The highest BCUT2D eigenvalue weighted by Gasteiger charge is 1.98. The quantitative estimate of drug-likeness (QED) is 0.606. The highest BCUT2D eigenvalue weighted by molar-refractivity contribution is 5.93. The van der Waals surface area contributed by atoms with Crippen LogP contribution in [0.4, 0.5) is 5.69 Å². The summed E-state index contributed by atoms with van der Waals surface area (Å²) < 4.78 is 0. The van der Waals surface area contributed by atoms with Gasteiger partial charge < -0.3 is 16.4 Å². The minimum absolute atomic E-state index is 0.392. The van der Waals surface area contributed by atoms with Crippen molar-refractivity contribution in [2.24, 2.45) is 5.73 Å². The zero-order valence-corrected chi connectivity index (χ0v) is 9.62. The summed E-state index contributed by atoms with van der Waals surface area (Å²) in [5.41, 5.74) is 6.69. The molecule has 0 radical (unpaired) electrons. The number of nitrogens with two attached hydrogens (primary N) is 1. The van der Waals surface area contributed by atoms with Crippen LogP contribution in [0, 0.1) is 0 Å². The number of anilines is 1. The van der Waals surface area contributed by atoms with E-state index < -0.39 is 5.91 Å². The molecule has 0 spiro atoms. The Morgan fingerprint density at radius 1 is 1.19 bits per heavy atom. The summed E-state index contributed by atoms with van der Waals surface area (Å²) >= 11 is 0. The van der Waals surface area contributed by atoms with Crippen LogP contribution in [0.25, 0.3) is 0 Å². The maximum Gasteiger partial charge on any atom is 0.248 e. The van der Waals surface area contributed by atoms with Crippen molar-refractivity contribution in [2.45, 2.75) is 13.3 Å². The van der Waals surface area contributed by atoms with Crippen LogP contribution in [-0.2, 0) is 0 Å². The van der Waals surface area contributed by atoms with E-state index in [2.05, 4.69) is 17.6 Å². The van der Waals surface area contributed by atoms with Crippen LogP contribution >= 0.6 is 0 Å². The molecular weight excluding hydrogens is 202 g/mol. The van der Waals surface area contributed by atoms with E-state index in [1.165, 1.54) is 0 Å². The molecule has 0 heterocycles. The van der Waals surface area contributed by atoms with E-state index in [9.17, 15) is 4.79 Å². The van der Waals surface area contributed by atoms with Gasteiger partial charge in [0, 0.05) is 24.3 Å². The second-order valence-corrected chi connectivity index (χ2v) is 3.62. The third kappa shape index (κ3) is 4.31. The molecule has 0 aliphatic rings. The van der Waals surface area contributed by atoms with E-state index >= 15 is 0 Å². The fraction of sp³-hybridized carbons (Fsp3) is 0.417. The van der Waals surface area contributed by atoms with Crippen molar-refractivity contribution in [3.63, 3.8) is 0 Å². The predicted octanol–water partition coefficient (Wildman–Crippen LogP) is 1.20. The molecule has 1 amide bonds. The molecule has 0 atom stereocenters. The van der Waals surface area contributed by atoms with Crippen molar-refractivity contribution < 1.29 is 4.79 Å². The molecule has 0 aliphatic carbocycles. The normalized spacial score (nSPS) is 10.1. The Balaban J connectivity index is 2.29. The molecule has 1 aromatic rings. The predicted molar refractivity (Wildman–Crippen MR) is 66.6 cm³/mol. The topological polar surface area (TPSA) is 67.2 Å². The Labute approximate surface area is 96.2 Å². The summed E-state index contributed by atoms with van der Waals surface area (Å²) in [6, 6.07) is 7.17. The Hall–Kier alpha value is -1.55. The number of primary amides is 1. The van der Waals surface area contributed by atoms with Gasteiger partial charge in [-0.15, -0.1) is 0 Å². The van der Waals surface area contributed by atoms with Gasteiger partial charge >= 0.3 is 0 Å². The lowest BCUT2D eigenvalue weighted by molar-refractivity contribution is 0.100. The number of carbonyl (C=O) groups is 1. The molecule has 0 unspecified atom stereocenters. The Bertz CT molecular complexity index is 322. The fourth-order valence-electron chi connectivity index (χ4n) is 1.35. The molecule has 1 aromatic carbocycles. The second-order valence-electron chi connectivity index (χ2n) is 3.62. The summed E-state index contributed by atoms with van der Waals surface area (Å²) in [6.45, 7) is 4.99. The minimum atomic E-state index is -0.392. The Kier molecular flexibility index (Phi) is 5.36. The van der Waals surface area contributed by atoms with Crippen molar-refractivity contribution in [3.8, 4) is 0 Å². The molecule has 4 heteroatoms. The number of amides is 1. The lowest BCUT2D eigenvalue weighted by Gasteiger charge is -2.07. The van der Waals surface area contributed by atoms with Crippen molar-refractivity contribution in [1.29, 1.82) is 0 Å². The molecule has 0 saturated heterocycles. The van der Waals surface area contributed by atoms with Crippen LogP contribution in [0.15, 0.2) is 24.3 Å². The number of rotatable bonds is 7. The van der Waals surface area contributed by atoms with Gasteiger partial charge in [-0.05, 0) is 37.2 Å². The van der Waals surface area contributed by atoms with Crippen LogP contribution in [0.2, 0.25) is 0 Å². The lowest BCUT2D eigenvalue weighted by atomic mass is 10.2. The zero-order chi connectivity index (χ0) is 11.8. The number of hydrogen-bond donors (Lipinski definition) is 3. The third-order valence-corrected chi connectivity index (χ3v) is 2.23. The molecule has 0 aromatic heterocycles. The van der Waals surface area contributed by atoms with Gasteiger partial charge in [0.25, 0.3) is 0 Å². The van der Waals surface area contributed by atoms with Gasteiger partial charge in [0.05, 0.1) is 0 Å². The zero-order valence-electron chi connectivity index (χ0n) is 9.62. The minimum Gasteiger partial charge on any atom is -0.384 e. The molecule has 0 saturated carbocycles. The van der Waals surface area contributed by atoms with E-state index in [0.717, 1.165) is 31.7 Å². The van der Waals surface area contributed by atoms with Crippen molar-refractivity contribution in [1.82, 2.24) is 5.32 Å². The Morgan fingerprint density at radius 2 is 1.88 bits per heavy atom. The molecule has 0 fully saturated rings. The summed E-state index contributed by atoms with van der Waals surface area (Å²) in [4.78, 5) is 10.8. The molecule has 88 valence electrons. The standard InChI is InChI=1S/C12H19N3O/c1-2-7-14-8-9-15-11-5-3-10(4-6-11)12(13)16/h3-6,14-15H,2,7-9H2,1H3,(H2,13,16). The van der Waals surface area contributed by atoms with Crippen molar-refractivity contribution >= 4 is 11.6 Å². The van der Waals surface area contributed by atoms with Gasteiger partial charge in [0.15, 0.2) is 0 Å². The van der Waals surface area contributed by atoms with Gasteiger partial charge in [-0.2, -0.15) is 0 Å². The van der Waals surface area contributed by atoms with Gasteiger partial charge in [-0.25, -0.2) is 0 Å². The first-order valence-electron chi connectivity index (χ1n) is 5.58. The summed E-state index contributed by atoms with van der Waals surface area (Å²) in [7, 11) is 0. The van der Waals surface area contributed by atoms with Gasteiger partial charge in [0.2, 0.25) is 5.91 Å². The van der Waals surface area contributed by atoms with Crippen LogP contribution in [0.1, 0.15) is 23.7 Å². The van der Waals surface area contributed by atoms with E-state index in [0.29, 0.717) is 5.56 Å². The molecule has 4 nitrogen and oxygen atoms in total. The highest BCUT2D eigenvalue weighted by Crippen LogP contribution is 2.08. The van der Waals surface area contributed by atoms with E-state index in [1.54, 1.807) is 12.1 Å². The average Bonchev–Trinajstić information content (AvgIpc) is 2.29. The summed E-state index contributed by atoms with van der Waals surface area (Å²) in [5, 5.41) is 6.55. The van der Waals surface area contributed by atoms with E-state index in [4.69, 9.17) is 5.73 Å². The molecule has 16 heavy (non-hydrogen) atoms. The van der Waals surface area contributed by atoms with E-state index in [1.807, 2.05) is 12.1 Å². The summed E-state index contributed by atoms with van der Waals surface area (Å²) in [5.74, 6) is -0.392.